The number of para-hydroxylation sites is 1. The second-order valence-corrected chi connectivity index (χ2v) is 11.9. The highest BCUT2D eigenvalue weighted by Gasteiger charge is 2.32. The van der Waals surface area contributed by atoms with Crippen LogP contribution in [0.5, 0.6) is 0 Å². The number of rotatable bonds is 8. The zero-order chi connectivity index (χ0) is 27.0. The molecule has 204 valence electrons. The standard InChI is InChI=1S/C27H31N7O4S/c1-38-17-18-10-12-33(13-11-18)23-14-22(27(35)32-39(36,37)21-15-28-29-16-21)30-26-24(23)25(19-6-5-7-19)31-34(26)20-8-3-2-4-9-20/h2-4,8-9,14-16,18-19H,5-7,10-13,17H2,1H3,(H,28,29)(H,32,35). The predicted molar refractivity (Wildman–Crippen MR) is 146 cm³/mol. The van der Waals surface area contributed by atoms with Crippen molar-refractivity contribution < 1.29 is 17.9 Å². The van der Waals surface area contributed by atoms with Crippen LogP contribution in [0.3, 0.4) is 0 Å². The van der Waals surface area contributed by atoms with Crippen LogP contribution in [0.25, 0.3) is 16.7 Å². The molecule has 4 aromatic rings. The van der Waals surface area contributed by atoms with Crippen molar-refractivity contribution in [2.24, 2.45) is 5.92 Å². The van der Waals surface area contributed by atoms with Crippen LogP contribution >= 0.6 is 0 Å². The third-order valence-electron chi connectivity index (χ3n) is 7.74. The van der Waals surface area contributed by atoms with E-state index in [9.17, 15) is 13.2 Å². The third kappa shape index (κ3) is 4.89. The zero-order valence-corrected chi connectivity index (χ0v) is 22.5. The average Bonchev–Trinajstić information content (AvgIpc) is 3.58. The van der Waals surface area contributed by atoms with Gasteiger partial charge in [-0.3, -0.25) is 9.89 Å². The highest BCUT2D eigenvalue weighted by Crippen LogP contribution is 2.43. The Morgan fingerprint density at radius 3 is 2.56 bits per heavy atom. The zero-order valence-electron chi connectivity index (χ0n) is 21.7. The Balaban J connectivity index is 1.48. The predicted octanol–water partition coefficient (Wildman–Crippen LogP) is 3.39. The van der Waals surface area contributed by atoms with Crippen LogP contribution in [0.15, 0.2) is 53.7 Å². The molecular formula is C27H31N7O4S. The van der Waals surface area contributed by atoms with Crippen molar-refractivity contribution in [2.45, 2.75) is 42.9 Å². The monoisotopic (exact) mass is 549 g/mol. The number of pyridine rings is 1. The van der Waals surface area contributed by atoms with Crippen LogP contribution in [0.2, 0.25) is 0 Å². The van der Waals surface area contributed by atoms with E-state index in [2.05, 4.69) is 19.8 Å². The second kappa shape index (κ2) is 10.4. The molecule has 1 saturated heterocycles. The Bertz CT molecular complexity index is 1570. The molecule has 0 radical (unpaired) electrons. The van der Waals surface area contributed by atoms with Crippen LogP contribution in [-0.2, 0) is 14.8 Å². The van der Waals surface area contributed by atoms with Crippen molar-refractivity contribution in [3.05, 3.63) is 60.2 Å². The summed E-state index contributed by atoms with van der Waals surface area (Å²) in [6.07, 6.45) is 7.55. The van der Waals surface area contributed by atoms with Gasteiger partial charge in [-0.25, -0.2) is 22.8 Å². The van der Waals surface area contributed by atoms with Gasteiger partial charge in [-0.05, 0) is 49.8 Å². The highest BCUT2D eigenvalue weighted by atomic mass is 32.2. The lowest BCUT2D eigenvalue weighted by atomic mass is 9.82. The maximum atomic E-state index is 13.4. The van der Waals surface area contributed by atoms with Gasteiger partial charge in [-0.15, -0.1) is 0 Å². The Labute approximate surface area is 226 Å². The number of anilines is 1. The van der Waals surface area contributed by atoms with E-state index < -0.39 is 15.9 Å². The van der Waals surface area contributed by atoms with Crippen LogP contribution in [0, 0.1) is 5.92 Å². The molecule has 1 aliphatic carbocycles. The molecule has 2 fully saturated rings. The summed E-state index contributed by atoms with van der Waals surface area (Å²) in [6.45, 7) is 2.31. The SMILES string of the molecule is COCC1CCN(c2cc(C(=O)NS(=O)(=O)c3cn[nH]c3)nc3c2c(C2CCC2)nn3-c2ccccc2)CC1. The number of ether oxygens (including phenoxy) is 1. The largest absolute Gasteiger partial charge is 0.384 e. The van der Waals surface area contributed by atoms with Crippen LogP contribution in [0.1, 0.15) is 54.2 Å². The average molecular weight is 550 g/mol. The molecule has 1 saturated carbocycles. The summed E-state index contributed by atoms with van der Waals surface area (Å²) in [5.74, 6) is -0.00518. The van der Waals surface area contributed by atoms with E-state index in [1.165, 1.54) is 6.20 Å². The number of carbonyl (C=O) groups is 1. The number of benzene rings is 1. The second-order valence-electron chi connectivity index (χ2n) is 10.2. The normalized spacial score (nSPS) is 16.9. The van der Waals surface area contributed by atoms with Crippen molar-refractivity contribution in [1.29, 1.82) is 0 Å². The van der Waals surface area contributed by atoms with Crippen molar-refractivity contribution in [2.75, 3.05) is 31.7 Å². The fourth-order valence-electron chi connectivity index (χ4n) is 5.40. The number of sulfonamides is 1. The minimum absolute atomic E-state index is 0.0147. The molecule has 1 amide bonds. The minimum atomic E-state index is -4.12. The van der Waals surface area contributed by atoms with E-state index >= 15 is 0 Å². The summed E-state index contributed by atoms with van der Waals surface area (Å²) in [5.41, 5.74) is 3.24. The van der Waals surface area contributed by atoms with Crippen molar-refractivity contribution in [3.63, 3.8) is 0 Å². The van der Waals surface area contributed by atoms with Gasteiger partial charge in [-0.2, -0.15) is 10.2 Å². The van der Waals surface area contributed by atoms with E-state index in [-0.39, 0.29) is 10.6 Å². The number of methoxy groups -OCH3 is 1. The molecule has 1 aliphatic heterocycles. The summed E-state index contributed by atoms with van der Waals surface area (Å²) >= 11 is 0. The van der Waals surface area contributed by atoms with Gasteiger partial charge in [0.2, 0.25) is 0 Å². The molecule has 1 aromatic carbocycles. The lowest BCUT2D eigenvalue weighted by Crippen LogP contribution is -2.36. The minimum Gasteiger partial charge on any atom is -0.384 e. The fourth-order valence-corrected chi connectivity index (χ4v) is 6.27. The summed E-state index contributed by atoms with van der Waals surface area (Å²) < 4.78 is 34.9. The maximum Gasteiger partial charge on any atom is 0.283 e. The van der Waals surface area contributed by atoms with E-state index in [0.29, 0.717) is 17.5 Å². The van der Waals surface area contributed by atoms with Gasteiger partial charge in [-0.1, -0.05) is 24.6 Å². The van der Waals surface area contributed by atoms with Gasteiger partial charge in [0.1, 0.15) is 10.6 Å². The maximum absolute atomic E-state index is 13.4. The third-order valence-corrected chi connectivity index (χ3v) is 9.04. The van der Waals surface area contributed by atoms with E-state index in [1.54, 1.807) is 17.9 Å². The molecule has 0 atom stereocenters. The quantitative estimate of drug-likeness (QED) is 0.342. The number of piperidine rings is 1. The lowest BCUT2D eigenvalue weighted by molar-refractivity contribution is 0.0977. The van der Waals surface area contributed by atoms with Gasteiger partial charge >= 0.3 is 0 Å². The van der Waals surface area contributed by atoms with E-state index in [4.69, 9.17) is 14.8 Å². The van der Waals surface area contributed by atoms with Crippen LogP contribution < -0.4 is 9.62 Å². The molecule has 0 bridgehead atoms. The molecular weight excluding hydrogens is 518 g/mol. The van der Waals surface area contributed by atoms with E-state index in [0.717, 1.165) is 80.5 Å². The van der Waals surface area contributed by atoms with Gasteiger partial charge < -0.3 is 9.64 Å². The van der Waals surface area contributed by atoms with Gasteiger partial charge in [0.15, 0.2) is 5.65 Å². The smallest absolute Gasteiger partial charge is 0.283 e. The highest BCUT2D eigenvalue weighted by molar-refractivity contribution is 7.90. The number of nitrogens with zero attached hydrogens (tertiary/aromatic N) is 5. The summed E-state index contributed by atoms with van der Waals surface area (Å²) in [6, 6.07) is 11.4. The molecule has 3 aromatic heterocycles. The van der Waals surface area contributed by atoms with Crippen molar-refractivity contribution in [1.82, 2.24) is 29.7 Å². The molecule has 0 spiro atoms. The molecule has 12 heteroatoms. The number of aromatic amines is 1. The van der Waals surface area contributed by atoms with Gasteiger partial charge in [0, 0.05) is 38.9 Å². The number of H-pyrrole nitrogens is 1. The van der Waals surface area contributed by atoms with Crippen LogP contribution in [0.4, 0.5) is 5.69 Å². The van der Waals surface area contributed by atoms with Gasteiger partial charge in [0.25, 0.3) is 15.9 Å². The molecule has 11 nitrogen and oxygen atoms in total. The van der Waals surface area contributed by atoms with Gasteiger partial charge in [0.05, 0.1) is 28.7 Å². The summed E-state index contributed by atoms with van der Waals surface area (Å²) in [4.78, 5) is 20.3. The number of hydrogen-bond acceptors (Lipinski definition) is 8. The molecule has 6 rings (SSSR count). The first-order chi connectivity index (χ1) is 18.9. The molecule has 2 aliphatic rings. The summed E-state index contributed by atoms with van der Waals surface area (Å²) in [7, 11) is -2.39. The Hall–Kier alpha value is -3.77. The number of nitrogens with one attached hydrogen (secondary N) is 2. The first-order valence-corrected chi connectivity index (χ1v) is 14.7. The molecule has 39 heavy (non-hydrogen) atoms. The number of amides is 1. The Kier molecular flexibility index (Phi) is 6.81. The fraction of sp³-hybridized carbons (Fsp3) is 0.407. The number of aromatic nitrogens is 5. The molecule has 0 unspecified atom stereocenters. The summed E-state index contributed by atoms with van der Waals surface area (Å²) in [5, 5.41) is 12.1. The first kappa shape index (κ1) is 25.5. The van der Waals surface area contributed by atoms with Crippen LogP contribution in [-0.4, -0.2) is 66.1 Å². The molecule has 2 N–H and O–H groups in total. The Morgan fingerprint density at radius 1 is 1.15 bits per heavy atom. The van der Waals surface area contributed by atoms with E-state index in [1.807, 2.05) is 30.3 Å². The number of carbonyl (C=O) groups excluding carboxylic acids is 1. The lowest BCUT2D eigenvalue weighted by Gasteiger charge is -2.34. The Morgan fingerprint density at radius 2 is 1.92 bits per heavy atom. The number of hydrogen-bond donors (Lipinski definition) is 2. The number of fused-ring (bicyclic) bond motifs is 1. The first-order valence-electron chi connectivity index (χ1n) is 13.2. The van der Waals surface area contributed by atoms with Crippen molar-refractivity contribution in [3.8, 4) is 5.69 Å². The topological polar surface area (TPSA) is 135 Å². The van der Waals surface area contributed by atoms with Crippen molar-refractivity contribution >= 4 is 32.7 Å². The molecule has 4 heterocycles.